The van der Waals surface area contributed by atoms with E-state index in [2.05, 4.69) is 13.8 Å². The van der Waals surface area contributed by atoms with Gasteiger partial charge in [0.25, 0.3) is 0 Å². The van der Waals surface area contributed by atoms with Crippen LogP contribution < -0.4 is 0 Å². The van der Waals surface area contributed by atoms with Gasteiger partial charge in [-0.3, -0.25) is 0 Å². The smallest absolute Gasteiger partial charge is 0.337 e. The molecule has 1 atom stereocenters. The van der Waals surface area contributed by atoms with Crippen molar-refractivity contribution in [2.45, 2.75) is 39.5 Å². The summed E-state index contributed by atoms with van der Waals surface area (Å²) >= 11 is 0. The molecule has 88 valence electrons. The molecule has 0 aliphatic rings. The van der Waals surface area contributed by atoms with E-state index in [1.807, 2.05) is 25.1 Å². The third-order valence-corrected chi connectivity index (χ3v) is 2.94. The van der Waals surface area contributed by atoms with Crippen LogP contribution in [0, 0.1) is 6.92 Å². The molecule has 0 amide bonds. The molecule has 0 saturated carbocycles. The van der Waals surface area contributed by atoms with Crippen molar-refractivity contribution in [3.63, 3.8) is 0 Å². The first kappa shape index (κ1) is 12.8. The van der Waals surface area contributed by atoms with Crippen LogP contribution in [0.25, 0.3) is 0 Å². The second-order valence-electron chi connectivity index (χ2n) is 4.25. The van der Waals surface area contributed by atoms with Crippen molar-refractivity contribution < 1.29 is 9.53 Å². The van der Waals surface area contributed by atoms with Crippen molar-refractivity contribution in [2.24, 2.45) is 0 Å². The molecule has 2 heteroatoms. The molecule has 0 N–H and O–H groups in total. The average molecular weight is 220 g/mol. The van der Waals surface area contributed by atoms with E-state index in [-0.39, 0.29) is 5.97 Å². The fourth-order valence-electron chi connectivity index (χ4n) is 2.06. The summed E-state index contributed by atoms with van der Waals surface area (Å²) in [6.07, 6.45) is 2.36. The van der Waals surface area contributed by atoms with Gasteiger partial charge in [-0.2, -0.15) is 0 Å². The van der Waals surface area contributed by atoms with Gasteiger partial charge in [-0.1, -0.05) is 26.3 Å². The number of carbonyl (C=O) groups excluding carboxylic acids is 1. The summed E-state index contributed by atoms with van der Waals surface area (Å²) in [6.45, 7) is 6.46. The minimum atomic E-state index is -0.266. The minimum absolute atomic E-state index is 0.266. The summed E-state index contributed by atoms with van der Waals surface area (Å²) in [5.74, 6) is 0.287. The average Bonchev–Trinajstić information content (AvgIpc) is 2.28. The lowest BCUT2D eigenvalue weighted by molar-refractivity contribution is 0.0600. The van der Waals surface area contributed by atoms with Gasteiger partial charge in [-0.05, 0) is 42.5 Å². The Labute approximate surface area is 97.6 Å². The number of esters is 1. The molecular formula is C14H20O2. The van der Waals surface area contributed by atoms with Gasteiger partial charge in [0.1, 0.15) is 0 Å². The van der Waals surface area contributed by atoms with Crippen molar-refractivity contribution in [3.05, 3.63) is 34.9 Å². The van der Waals surface area contributed by atoms with Crippen LogP contribution in [-0.4, -0.2) is 13.1 Å². The van der Waals surface area contributed by atoms with Gasteiger partial charge < -0.3 is 4.74 Å². The number of hydrogen-bond acceptors (Lipinski definition) is 2. The van der Waals surface area contributed by atoms with E-state index in [0.717, 1.165) is 0 Å². The van der Waals surface area contributed by atoms with E-state index >= 15 is 0 Å². The second-order valence-corrected chi connectivity index (χ2v) is 4.25. The number of ether oxygens (including phenoxy) is 1. The maximum absolute atomic E-state index is 11.4. The highest BCUT2D eigenvalue weighted by Gasteiger charge is 2.11. The standard InChI is InChI=1S/C14H20O2/c1-5-6-10(2)13-8-7-12(9-11(13)3)14(15)16-4/h7-10H,5-6H2,1-4H3. The van der Waals surface area contributed by atoms with Crippen LogP contribution in [0.15, 0.2) is 18.2 Å². The molecule has 0 bridgehead atoms. The lowest BCUT2D eigenvalue weighted by atomic mass is 9.92. The second kappa shape index (κ2) is 5.69. The minimum Gasteiger partial charge on any atom is -0.465 e. The molecule has 0 heterocycles. The van der Waals surface area contributed by atoms with E-state index in [4.69, 9.17) is 4.74 Å². The Morgan fingerprint density at radius 3 is 2.62 bits per heavy atom. The summed E-state index contributed by atoms with van der Waals surface area (Å²) in [5, 5.41) is 0. The highest BCUT2D eigenvalue weighted by molar-refractivity contribution is 5.89. The number of aryl methyl sites for hydroxylation is 1. The molecule has 0 spiro atoms. The van der Waals surface area contributed by atoms with E-state index in [1.54, 1.807) is 0 Å². The Balaban J connectivity index is 2.95. The van der Waals surface area contributed by atoms with Crippen molar-refractivity contribution in [1.82, 2.24) is 0 Å². The maximum Gasteiger partial charge on any atom is 0.337 e. The molecule has 0 aliphatic carbocycles. The van der Waals surface area contributed by atoms with Crippen LogP contribution in [0.3, 0.4) is 0 Å². The predicted molar refractivity (Wildman–Crippen MR) is 65.8 cm³/mol. The van der Waals surface area contributed by atoms with Crippen molar-refractivity contribution in [1.29, 1.82) is 0 Å². The summed E-state index contributed by atoms with van der Waals surface area (Å²) in [6, 6.07) is 5.80. The monoisotopic (exact) mass is 220 g/mol. The zero-order valence-corrected chi connectivity index (χ0v) is 10.5. The Hall–Kier alpha value is -1.31. The van der Waals surface area contributed by atoms with Gasteiger partial charge in [0.15, 0.2) is 0 Å². The summed E-state index contributed by atoms with van der Waals surface area (Å²) < 4.78 is 4.70. The first-order valence-corrected chi connectivity index (χ1v) is 5.79. The van der Waals surface area contributed by atoms with Gasteiger partial charge in [0.05, 0.1) is 12.7 Å². The first-order chi connectivity index (χ1) is 7.60. The molecule has 2 nitrogen and oxygen atoms in total. The molecule has 0 aliphatic heterocycles. The van der Waals surface area contributed by atoms with Crippen LogP contribution in [0.5, 0.6) is 0 Å². The van der Waals surface area contributed by atoms with E-state index in [0.29, 0.717) is 11.5 Å². The fraction of sp³-hybridized carbons (Fsp3) is 0.500. The van der Waals surface area contributed by atoms with Gasteiger partial charge in [0, 0.05) is 0 Å². The van der Waals surface area contributed by atoms with E-state index in [9.17, 15) is 4.79 Å². The van der Waals surface area contributed by atoms with E-state index in [1.165, 1.54) is 31.1 Å². The Morgan fingerprint density at radius 1 is 1.44 bits per heavy atom. The van der Waals surface area contributed by atoms with Crippen molar-refractivity contribution in [3.8, 4) is 0 Å². The first-order valence-electron chi connectivity index (χ1n) is 5.79. The van der Waals surface area contributed by atoms with Crippen LogP contribution in [-0.2, 0) is 4.74 Å². The van der Waals surface area contributed by atoms with Crippen molar-refractivity contribution >= 4 is 5.97 Å². The summed E-state index contributed by atoms with van der Waals surface area (Å²) in [5.41, 5.74) is 3.13. The molecule has 0 aromatic heterocycles. The fourth-order valence-corrected chi connectivity index (χ4v) is 2.06. The van der Waals surface area contributed by atoms with E-state index < -0.39 is 0 Å². The highest BCUT2D eigenvalue weighted by Crippen LogP contribution is 2.24. The summed E-state index contributed by atoms with van der Waals surface area (Å²) in [7, 11) is 1.41. The lowest BCUT2D eigenvalue weighted by Gasteiger charge is -2.14. The Kier molecular flexibility index (Phi) is 4.53. The third-order valence-electron chi connectivity index (χ3n) is 2.94. The van der Waals surface area contributed by atoms with Gasteiger partial charge in [-0.15, -0.1) is 0 Å². The molecular weight excluding hydrogens is 200 g/mol. The molecule has 16 heavy (non-hydrogen) atoms. The quantitative estimate of drug-likeness (QED) is 0.723. The van der Waals surface area contributed by atoms with Crippen LogP contribution in [0.2, 0.25) is 0 Å². The zero-order valence-electron chi connectivity index (χ0n) is 10.5. The van der Waals surface area contributed by atoms with Gasteiger partial charge in [-0.25, -0.2) is 4.79 Å². The number of methoxy groups -OCH3 is 1. The largest absolute Gasteiger partial charge is 0.465 e. The Bertz CT molecular complexity index is 369. The lowest BCUT2D eigenvalue weighted by Crippen LogP contribution is -2.03. The highest BCUT2D eigenvalue weighted by atomic mass is 16.5. The maximum atomic E-state index is 11.4. The molecule has 0 radical (unpaired) electrons. The number of carbonyl (C=O) groups is 1. The molecule has 0 fully saturated rings. The number of rotatable bonds is 4. The molecule has 1 aromatic rings. The van der Waals surface area contributed by atoms with Crippen LogP contribution in [0.1, 0.15) is 54.1 Å². The number of hydrogen-bond donors (Lipinski definition) is 0. The topological polar surface area (TPSA) is 26.3 Å². The van der Waals surface area contributed by atoms with Crippen LogP contribution in [0.4, 0.5) is 0 Å². The summed E-state index contributed by atoms with van der Waals surface area (Å²) in [4.78, 5) is 11.4. The molecule has 1 rings (SSSR count). The van der Waals surface area contributed by atoms with Crippen molar-refractivity contribution in [2.75, 3.05) is 7.11 Å². The molecule has 1 aromatic carbocycles. The zero-order chi connectivity index (χ0) is 12.1. The predicted octanol–water partition coefficient (Wildman–Crippen LogP) is 3.69. The van der Waals surface area contributed by atoms with Gasteiger partial charge in [0.2, 0.25) is 0 Å². The number of benzene rings is 1. The normalized spacial score (nSPS) is 12.2. The SMILES string of the molecule is CCCC(C)c1ccc(C(=O)OC)cc1C. The van der Waals surface area contributed by atoms with Crippen LogP contribution >= 0.6 is 0 Å². The third kappa shape index (κ3) is 2.84. The molecule has 0 saturated heterocycles. The Morgan fingerprint density at radius 2 is 2.12 bits per heavy atom. The van der Waals surface area contributed by atoms with Gasteiger partial charge >= 0.3 is 5.97 Å². The molecule has 1 unspecified atom stereocenters.